The van der Waals surface area contributed by atoms with E-state index in [1.165, 1.54) is 0 Å². The zero-order valence-corrected chi connectivity index (χ0v) is 15.5. The van der Waals surface area contributed by atoms with Crippen molar-refractivity contribution in [3.8, 4) is 5.69 Å². The average molecular weight is 367 g/mol. The lowest BCUT2D eigenvalue weighted by Gasteiger charge is -2.40. The third kappa shape index (κ3) is 4.02. The van der Waals surface area contributed by atoms with Crippen LogP contribution in [0.2, 0.25) is 0 Å². The van der Waals surface area contributed by atoms with E-state index >= 15 is 0 Å². The van der Waals surface area contributed by atoms with Crippen LogP contribution in [-0.4, -0.2) is 62.1 Å². The molecule has 2 aliphatic rings. The Bertz CT molecular complexity index is 779. The van der Waals surface area contributed by atoms with Gasteiger partial charge in [0, 0.05) is 37.8 Å². The molecule has 0 spiro atoms. The smallest absolute Gasteiger partial charge is 0.226 e. The fourth-order valence-electron chi connectivity index (χ4n) is 4.05. The first-order valence-electron chi connectivity index (χ1n) is 9.72. The van der Waals surface area contributed by atoms with E-state index in [1.807, 2.05) is 33.7 Å². The van der Waals surface area contributed by atoms with Crippen LogP contribution in [0.3, 0.4) is 0 Å². The minimum atomic E-state index is 0.162. The maximum Gasteiger partial charge on any atom is 0.226 e. The topological polar surface area (TPSA) is 71.3 Å². The molecule has 3 heterocycles. The van der Waals surface area contributed by atoms with E-state index in [2.05, 4.69) is 15.1 Å². The van der Waals surface area contributed by atoms with E-state index in [4.69, 9.17) is 0 Å². The highest BCUT2D eigenvalue weighted by atomic mass is 16.2. The summed E-state index contributed by atoms with van der Waals surface area (Å²) >= 11 is 0. The summed E-state index contributed by atoms with van der Waals surface area (Å²) in [6.07, 6.45) is 8.31. The second kappa shape index (κ2) is 7.90. The van der Waals surface area contributed by atoms with Gasteiger partial charge < -0.3 is 9.80 Å². The van der Waals surface area contributed by atoms with Gasteiger partial charge in [-0.2, -0.15) is 0 Å². The van der Waals surface area contributed by atoms with E-state index in [9.17, 15) is 9.59 Å². The maximum absolute atomic E-state index is 12.6. The largest absolute Gasteiger partial charge is 0.342 e. The van der Waals surface area contributed by atoms with Gasteiger partial charge in [0.15, 0.2) is 0 Å². The Balaban J connectivity index is 1.30. The Morgan fingerprint density at radius 3 is 2.37 bits per heavy atom. The molecule has 0 saturated carbocycles. The Kier molecular flexibility index (Phi) is 5.18. The minimum absolute atomic E-state index is 0.162. The molecule has 1 aromatic carbocycles. The highest BCUT2D eigenvalue weighted by Gasteiger charge is 2.30. The van der Waals surface area contributed by atoms with Gasteiger partial charge in [0.1, 0.15) is 12.7 Å². The summed E-state index contributed by atoms with van der Waals surface area (Å²) in [5.74, 6) is 0.453. The first-order valence-corrected chi connectivity index (χ1v) is 9.72. The molecular formula is C20H25N5O2. The maximum atomic E-state index is 12.6. The number of rotatable bonds is 4. The number of hydrogen-bond acceptors (Lipinski definition) is 4. The second-order valence-corrected chi connectivity index (χ2v) is 7.37. The molecule has 2 aromatic rings. The lowest BCUT2D eigenvalue weighted by Crippen LogP contribution is -2.50. The number of carbonyl (C=O) groups is 2. The number of amides is 2. The van der Waals surface area contributed by atoms with Crippen molar-refractivity contribution in [2.75, 3.05) is 19.6 Å². The molecule has 2 fully saturated rings. The Hall–Kier alpha value is -2.70. The lowest BCUT2D eigenvalue weighted by molar-refractivity contribution is -0.138. The second-order valence-electron chi connectivity index (χ2n) is 7.37. The number of carbonyl (C=O) groups excluding carboxylic acids is 2. The summed E-state index contributed by atoms with van der Waals surface area (Å²) in [5, 5.41) is 7.61. The number of benzene rings is 1. The number of hydrogen-bond donors (Lipinski definition) is 0. The summed E-state index contributed by atoms with van der Waals surface area (Å²) in [7, 11) is 0. The first-order chi connectivity index (χ1) is 13.2. The van der Waals surface area contributed by atoms with Gasteiger partial charge in [0.2, 0.25) is 11.8 Å². The molecule has 0 unspecified atom stereocenters. The highest BCUT2D eigenvalue weighted by molar-refractivity contribution is 5.79. The summed E-state index contributed by atoms with van der Waals surface area (Å²) in [5.41, 5.74) is 1.98. The molecule has 2 saturated heterocycles. The average Bonchev–Trinajstić information content (AvgIpc) is 3.24. The molecule has 142 valence electrons. The zero-order valence-electron chi connectivity index (χ0n) is 15.5. The van der Waals surface area contributed by atoms with Crippen LogP contribution in [0.5, 0.6) is 0 Å². The van der Waals surface area contributed by atoms with E-state index < -0.39 is 0 Å². The summed E-state index contributed by atoms with van der Waals surface area (Å²) < 4.78 is 1.83. The Morgan fingerprint density at radius 1 is 1.00 bits per heavy atom. The summed E-state index contributed by atoms with van der Waals surface area (Å²) in [6, 6.07) is 8.21. The van der Waals surface area contributed by atoms with Gasteiger partial charge >= 0.3 is 0 Å². The van der Waals surface area contributed by atoms with Crippen LogP contribution in [0.4, 0.5) is 0 Å². The van der Waals surface area contributed by atoms with Gasteiger partial charge in [-0.1, -0.05) is 12.1 Å². The molecule has 4 rings (SSSR count). The zero-order chi connectivity index (χ0) is 18.6. The monoisotopic (exact) mass is 367 g/mol. The predicted molar refractivity (Wildman–Crippen MR) is 100 cm³/mol. The highest BCUT2D eigenvalue weighted by Crippen LogP contribution is 2.22. The van der Waals surface area contributed by atoms with Gasteiger partial charge in [-0.05, 0) is 43.4 Å². The molecule has 0 bridgehead atoms. The van der Waals surface area contributed by atoms with E-state index in [-0.39, 0.29) is 5.91 Å². The molecule has 7 heteroatoms. The van der Waals surface area contributed by atoms with Crippen molar-refractivity contribution < 1.29 is 9.59 Å². The quantitative estimate of drug-likeness (QED) is 0.826. The molecule has 0 N–H and O–H groups in total. The molecule has 7 nitrogen and oxygen atoms in total. The predicted octanol–water partition coefficient (Wildman–Crippen LogP) is 1.81. The summed E-state index contributed by atoms with van der Waals surface area (Å²) in [4.78, 5) is 28.7. The molecule has 0 aliphatic carbocycles. The van der Waals surface area contributed by atoms with E-state index in [0.29, 0.717) is 24.8 Å². The summed E-state index contributed by atoms with van der Waals surface area (Å²) in [6.45, 7) is 2.37. The van der Waals surface area contributed by atoms with Crippen LogP contribution in [-0.2, 0) is 16.0 Å². The van der Waals surface area contributed by atoms with Gasteiger partial charge in [-0.15, -0.1) is 10.2 Å². The first kappa shape index (κ1) is 17.7. The fraction of sp³-hybridized carbons (Fsp3) is 0.500. The molecular weight excluding hydrogens is 342 g/mol. The van der Waals surface area contributed by atoms with Crippen molar-refractivity contribution in [2.24, 2.45) is 0 Å². The van der Waals surface area contributed by atoms with Gasteiger partial charge in [-0.3, -0.25) is 14.2 Å². The third-order valence-electron chi connectivity index (χ3n) is 5.63. The van der Waals surface area contributed by atoms with Gasteiger partial charge in [0.05, 0.1) is 6.42 Å². The Morgan fingerprint density at radius 2 is 1.70 bits per heavy atom. The molecule has 27 heavy (non-hydrogen) atoms. The van der Waals surface area contributed by atoms with Crippen molar-refractivity contribution in [2.45, 2.75) is 44.6 Å². The molecule has 1 aromatic heterocycles. The van der Waals surface area contributed by atoms with Crippen LogP contribution in [0.25, 0.3) is 5.69 Å². The van der Waals surface area contributed by atoms with Crippen molar-refractivity contribution in [1.82, 2.24) is 24.6 Å². The van der Waals surface area contributed by atoms with Crippen molar-refractivity contribution in [3.05, 3.63) is 42.5 Å². The normalized spacial score (nSPS) is 18.7. The van der Waals surface area contributed by atoms with Gasteiger partial charge in [0.25, 0.3) is 0 Å². The van der Waals surface area contributed by atoms with Crippen LogP contribution in [0, 0.1) is 0 Å². The number of piperidine rings is 2. The van der Waals surface area contributed by atoms with E-state index in [1.54, 1.807) is 12.7 Å². The molecule has 0 atom stereocenters. The van der Waals surface area contributed by atoms with Crippen molar-refractivity contribution in [1.29, 1.82) is 0 Å². The van der Waals surface area contributed by atoms with Crippen LogP contribution in [0.15, 0.2) is 36.9 Å². The van der Waals surface area contributed by atoms with Crippen LogP contribution < -0.4 is 0 Å². The molecule has 0 radical (unpaired) electrons. The SMILES string of the molecule is O=C(Cc1ccc(-n2cnnc2)cc1)N1CCC(N2CCCCC2=O)CC1. The third-order valence-corrected chi connectivity index (χ3v) is 5.63. The van der Waals surface area contributed by atoms with E-state index in [0.717, 1.165) is 56.6 Å². The number of likely N-dealkylation sites (tertiary alicyclic amines) is 2. The van der Waals surface area contributed by atoms with Gasteiger partial charge in [-0.25, -0.2) is 0 Å². The number of nitrogens with zero attached hydrogens (tertiary/aromatic N) is 5. The Labute approximate surface area is 159 Å². The van der Waals surface area contributed by atoms with Crippen molar-refractivity contribution >= 4 is 11.8 Å². The number of aromatic nitrogens is 3. The lowest BCUT2D eigenvalue weighted by atomic mass is 9.99. The van der Waals surface area contributed by atoms with Crippen LogP contribution in [0.1, 0.15) is 37.7 Å². The van der Waals surface area contributed by atoms with Crippen molar-refractivity contribution in [3.63, 3.8) is 0 Å². The molecule has 2 amide bonds. The minimum Gasteiger partial charge on any atom is -0.342 e. The standard InChI is InChI=1S/C20H25N5O2/c26-19-3-1-2-10-25(19)18-8-11-23(12-9-18)20(27)13-16-4-6-17(7-5-16)24-14-21-22-15-24/h4-7,14-15,18H,1-3,8-13H2. The van der Waals surface area contributed by atoms with Crippen LogP contribution >= 0.6 is 0 Å². The molecule has 2 aliphatic heterocycles. The fourth-order valence-corrected chi connectivity index (χ4v) is 4.05.